The molecule has 7 heteroatoms. The van der Waals surface area contributed by atoms with E-state index in [9.17, 15) is 14.7 Å². The lowest BCUT2D eigenvalue weighted by molar-refractivity contribution is 0.0971. The number of aromatic hydroxyl groups is 1. The number of phenols is 1. The van der Waals surface area contributed by atoms with Crippen molar-refractivity contribution in [1.29, 1.82) is 0 Å². The van der Waals surface area contributed by atoms with Crippen molar-refractivity contribution in [3.05, 3.63) is 93.3 Å². The molecule has 0 saturated carbocycles. The number of phenolic OH excluding ortho intramolecular Hbond substituents is 1. The van der Waals surface area contributed by atoms with Crippen LogP contribution in [0.15, 0.2) is 69.9 Å². The summed E-state index contributed by atoms with van der Waals surface area (Å²) < 4.78 is 16.8. The number of nitrogens with zero attached hydrogens (tertiary/aromatic N) is 1. The summed E-state index contributed by atoms with van der Waals surface area (Å²) >= 11 is 0. The van der Waals surface area contributed by atoms with Gasteiger partial charge in [-0.25, -0.2) is 0 Å². The summed E-state index contributed by atoms with van der Waals surface area (Å²) in [5, 5.41) is 10.5. The number of amides is 1. The first-order valence-electron chi connectivity index (χ1n) is 10.9. The number of fused-ring (bicyclic) bond motifs is 2. The highest BCUT2D eigenvalue weighted by Gasteiger charge is 2.44. The molecule has 0 bridgehead atoms. The van der Waals surface area contributed by atoms with Gasteiger partial charge in [0.25, 0.3) is 5.91 Å². The smallest absolute Gasteiger partial charge is 0.295 e. The lowest BCUT2D eigenvalue weighted by atomic mass is 9.97. The minimum atomic E-state index is -0.767. The number of ether oxygens (including phenoxy) is 2. The van der Waals surface area contributed by atoms with Crippen LogP contribution in [0, 0.1) is 6.92 Å². The molecule has 0 saturated heterocycles. The van der Waals surface area contributed by atoms with E-state index in [-0.39, 0.29) is 28.3 Å². The molecule has 1 N–H and O–H groups in total. The second kappa shape index (κ2) is 8.26. The Balaban J connectivity index is 1.76. The van der Waals surface area contributed by atoms with Crippen molar-refractivity contribution in [3.63, 3.8) is 0 Å². The first kappa shape index (κ1) is 21.6. The van der Waals surface area contributed by atoms with Crippen LogP contribution in [-0.2, 0) is 0 Å². The van der Waals surface area contributed by atoms with E-state index >= 15 is 0 Å². The number of aryl methyl sites for hydroxylation is 1. The van der Waals surface area contributed by atoms with E-state index in [1.54, 1.807) is 48.5 Å². The Morgan fingerprint density at radius 3 is 2.50 bits per heavy atom. The van der Waals surface area contributed by atoms with Crippen LogP contribution in [-0.4, -0.2) is 24.7 Å². The maximum Gasteiger partial charge on any atom is 0.295 e. The fourth-order valence-electron chi connectivity index (χ4n) is 4.40. The standard InChI is InChI=1S/C27H23NO6/c1-4-33-18-9-7-17(8-10-18)28-24(16-6-11-20(29)22(14-16)32-3)23-25(30)19-13-15(2)5-12-21(19)34-26(23)27(28)31/h5-14,24,29H,4H2,1-3H3. The Bertz CT molecular complexity index is 1470. The number of carbonyl (C=O) groups excluding carboxylic acids is 1. The molecule has 0 aliphatic carbocycles. The van der Waals surface area contributed by atoms with Gasteiger partial charge in [-0.15, -0.1) is 0 Å². The Morgan fingerprint density at radius 1 is 1.03 bits per heavy atom. The van der Waals surface area contributed by atoms with Crippen LogP contribution in [0.3, 0.4) is 0 Å². The fraction of sp³-hybridized carbons (Fsp3) is 0.185. The van der Waals surface area contributed by atoms with E-state index in [1.807, 2.05) is 19.9 Å². The van der Waals surface area contributed by atoms with Crippen molar-refractivity contribution in [2.75, 3.05) is 18.6 Å². The largest absolute Gasteiger partial charge is 0.504 e. The second-order valence-electron chi connectivity index (χ2n) is 8.11. The number of hydrogen-bond acceptors (Lipinski definition) is 6. The molecule has 1 aromatic heterocycles. The Labute approximate surface area is 195 Å². The van der Waals surface area contributed by atoms with Gasteiger partial charge in [-0.1, -0.05) is 17.7 Å². The van der Waals surface area contributed by atoms with E-state index in [2.05, 4.69) is 0 Å². The third kappa shape index (κ3) is 3.37. The van der Waals surface area contributed by atoms with Crippen LogP contribution < -0.4 is 19.8 Å². The molecule has 1 aliphatic heterocycles. The molecule has 1 aliphatic rings. The summed E-state index contributed by atoms with van der Waals surface area (Å²) in [5.74, 6) is 0.465. The van der Waals surface area contributed by atoms with Gasteiger partial charge in [0.1, 0.15) is 11.3 Å². The van der Waals surface area contributed by atoms with E-state index in [0.717, 1.165) is 5.56 Å². The molecule has 0 fully saturated rings. The average molecular weight is 457 g/mol. The highest BCUT2D eigenvalue weighted by Crippen LogP contribution is 2.43. The Kier molecular flexibility index (Phi) is 5.24. The summed E-state index contributed by atoms with van der Waals surface area (Å²) in [6.07, 6.45) is 0. The first-order chi connectivity index (χ1) is 16.4. The van der Waals surface area contributed by atoms with Crippen molar-refractivity contribution in [3.8, 4) is 17.2 Å². The van der Waals surface area contributed by atoms with E-state index in [0.29, 0.717) is 34.6 Å². The van der Waals surface area contributed by atoms with Crippen molar-refractivity contribution >= 4 is 22.6 Å². The molecular formula is C27H23NO6. The van der Waals surface area contributed by atoms with Crippen LogP contribution in [0.1, 0.15) is 40.2 Å². The van der Waals surface area contributed by atoms with Gasteiger partial charge in [-0.05, 0) is 67.9 Å². The topological polar surface area (TPSA) is 89.2 Å². The van der Waals surface area contributed by atoms with Gasteiger partial charge in [0.2, 0.25) is 5.76 Å². The van der Waals surface area contributed by atoms with Gasteiger partial charge >= 0.3 is 0 Å². The highest BCUT2D eigenvalue weighted by atomic mass is 16.5. The fourth-order valence-corrected chi connectivity index (χ4v) is 4.40. The van der Waals surface area contributed by atoms with Gasteiger partial charge in [-0.2, -0.15) is 0 Å². The van der Waals surface area contributed by atoms with E-state index < -0.39 is 11.9 Å². The predicted molar refractivity (Wildman–Crippen MR) is 128 cm³/mol. The molecule has 1 unspecified atom stereocenters. The number of carbonyl (C=O) groups is 1. The van der Waals surface area contributed by atoms with Gasteiger partial charge < -0.3 is 19.0 Å². The van der Waals surface area contributed by atoms with Crippen LogP contribution in [0.2, 0.25) is 0 Å². The van der Waals surface area contributed by atoms with Gasteiger partial charge in [0, 0.05) is 5.69 Å². The molecule has 34 heavy (non-hydrogen) atoms. The van der Waals surface area contributed by atoms with Crippen LogP contribution in [0.4, 0.5) is 5.69 Å². The molecule has 3 aromatic carbocycles. The Morgan fingerprint density at radius 2 is 1.79 bits per heavy atom. The minimum Gasteiger partial charge on any atom is -0.504 e. The van der Waals surface area contributed by atoms with Gasteiger partial charge in [0.05, 0.1) is 30.7 Å². The lowest BCUT2D eigenvalue weighted by Gasteiger charge is -2.25. The van der Waals surface area contributed by atoms with Gasteiger partial charge in [0.15, 0.2) is 16.9 Å². The third-order valence-corrected chi connectivity index (χ3v) is 5.97. The predicted octanol–water partition coefficient (Wildman–Crippen LogP) is 4.96. The summed E-state index contributed by atoms with van der Waals surface area (Å²) in [7, 11) is 1.45. The van der Waals surface area contributed by atoms with Crippen LogP contribution in [0.25, 0.3) is 11.0 Å². The van der Waals surface area contributed by atoms with E-state index in [1.165, 1.54) is 18.1 Å². The normalized spacial score (nSPS) is 15.0. The number of anilines is 1. The molecule has 0 radical (unpaired) electrons. The van der Waals surface area contributed by atoms with Crippen molar-refractivity contribution < 1.29 is 23.8 Å². The minimum absolute atomic E-state index is 0.00674. The van der Waals surface area contributed by atoms with Crippen molar-refractivity contribution in [2.45, 2.75) is 19.9 Å². The SMILES string of the molecule is CCOc1ccc(N2C(=O)c3oc4ccc(C)cc4c(=O)c3C2c2ccc(O)c(OC)c2)cc1. The molecule has 5 rings (SSSR count). The number of rotatable bonds is 5. The van der Waals surface area contributed by atoms with E-state index in [4.69, 9.17) is 13.9 Å². The molecule has 1 amide bonds. The quantitative estimate of drug-likeness (QED) is 0.455. The van der Waals surface area contributed by atoms with Gasteiger partial charge in [-0.3, -0.25) is 14.5 Å². The zero-order chi connectivity index (χ0) is 24.0. The zero-order valence-corrected chi connectivity index (χ0v) is 19.0. The highest BCUT2D eigenvalue weighted by molar-refractivity contribution is 6.10. The maximum absolute atomic E-state index is 13.7. The maximum atomic E-state index is 13.7. The number of benzene rings is 3. The van der Waals surface area contributed by atoms with Crippen molar-refractivity contribution in [1.82, 2.24) is 0 Å². The number of methoxy groups -OCH3 is 1. The summed E-state index contributed by atoms with van der Waals surface area (Å²) in [5.41, 5.74) is 2.45. The molecule has 1 atom stereocenters. The molecule has 172 valence electrons. The molecule has 7 nitrogen and oxygen atoms in total. The lowest BCUT2D eigenvalue weighted by Crippen LogP contribution is -2.29. The molecule has 2 heterocycles. The summed E-state index contributed by atoms with van der Waals surface area (Å²) in [6, 6.07) is 16.4. The molecule has 4 aromatic rings. The summed E-state index contributed by atoms with van der Waals surface area (Å²) in [6.45, 7) is 4.31. The number of hydrogen-bond donors (Lipinski definition) is 1. The Hall–Kier alpha value is -4.26. The summed E-state index contributed by atoms with van der Waals surface area (Å²) in [4.78, 5) is 28.9. The molecular weight excluding hydrogens is 434 g/mol. The monoisotopic (exact) mass is 457 g/mol. The third-order valence-electron chi connectivity index (χ3n) is 5.97. The van der Waals surface area contributed by atoms with Crippen molar-refractivity contribution in [2.24, 2.45) is 0 Å². The second-order valence-corrected chi connectivity index (χ2v) is 8.11. The molecule has 0 spiro atoms. The zero-order valence-electron chi connectivity index (χ0n) is 19.0. The average Bonchev–Trinajstić information content (AvgIpc) is 3.13. The first-order valence-corrected chi connectivity index (χ1v) is 10.9. The van der Waals surface area contributed by atoms with Crippen LogP contribution >= 0.6 is 0 Å². The van der Waals surface area contributed by atoms with Crippen LogP contribution in [0.5, 0.6) is 17.2 Å².